The highest BCUT2D eigenvalue weighted by Crippen LogP contribution is 2.33. The van der Waals surface area contributed by atoms with Gasteiger partial charge in [-0.15, -0.1) is 0 Å². The molecule has 0 bridgehead atoms. The summed E-state index contributed by atoms with van der Waals surface area (Å²) in [7, 11) is 0. The number of carbonyl (C=O) groups is 2. The summed E-state index contributed by atoms with van der Waals surface area (Å²) in [6.45, 7) is 0.898. The Hall–Kier alpha value is -2.69. The van der Waals surface area contributed by atoms with Crippen LogP contribution in [0.2, 0.25) is 0 Å². The molecule has 1 amide bonds. The maximum Gasteiger partial charge on any atom is 0.343 e. The molecule has 33 heavy (non-hydrogen) atoms. The molecule has 3 aromatic carbocycles. The van der Waals surface area contributed by atoms with Gasteiger partial charge in [0.15, 0.2) is 17.2 Å². The van der Waals surface area contributed by atoms with Crippen molar-refractivity contribution in [2.45, 2.75) is 0 Å². The van der Waals surface area contributed by atoms with Crippen molar-refractivity contribution in [2.24, 2.45) is 5.10 Å². The van der Waals surface area contributed by atoms with Crippen molar-refractivity contribution in [1.82, 2.24) is 5.43 Å². The fourth-order valence-corrected chi connectivity index (χ4v) is 4.70. The van der Waals surface area contributed by atoms with E-state index in [1.54, 1.807) is 48.5 Å². The monoisotopic (exact) mass is 636 g/mol. The summed E-state index contributed by atoms with van der Waals surface area (Å²) < 4.78 is 18.6. The lowest BCUT2D eigenvalue weighted by Crippen LogP contribution is -2.19. The first-order valence-electron chi connectivity index (χ1n) is 9.60. The van der Waals surface area contributed by atoms with E-state index in [1.807, 2.05) is 6.07 Å². The zero-order valence-corrected chi connectivity index (χ0v) is 21.6. The van der Waals surface area contributed by atoms with Gasteiger partial charge in [0.1, 0.15) is 13.2 Å². The predicted octanol–water partition coefficient (Wildman–Crippen LogP) is 5.73. The molecule has 3 aromatic rings. The van der Waals surface area contributed by atoms with Gasteiger partial charge < -0.3 is 14.2 Å². The van der Waals surface area contributed by atoms with Gasteiger partial charge in [0.05, 0.1) is 16.3 Å². The highest BCUT2D eigenvalue weighted by molar-refractivity contribution is 9.11. The number of rotatable bonds is 5. The molecule has 0 atom stereocenters. The number of esters is 1. The fourth-order valence-electron chi connectivity index (χ4n) is 2.96. The minimum atomic E-state index is -0.533. The van der Waals surface area contributed by atoms with Crippen molar-refractivity contribution in [3.05, 3.63) is 84.7 Å². The van der Waals surface area contributed by atoms with E-state index in [4.69, 9.17) is 14.2 Å². The molecule has 0 radical (unpaired) electrons. The number of hydrogen-bond acceptors (Lipinski definition) is 6. The lowest BCUT2D eigenvalue weighted by Gasteiger charge is -2.18. The average Bonchev–Trinajstić information content (AvgIpc) is 2.80. The number of benzene rings is 3. The van der Waals surface area contributed by atoms with E-state index in [9.17, 15) is 9.59 Å². The van der Waals surface area contributed by atoms with Gasteiger partial charge >= 0.3 is 5.97 Å². The number of nitrogens with zero attached hydrogens (tertiary/aromatic N) is 1. The number of hydrogen-bond donors (Lipinski definition) is 1. The minimum absolute atomic E-state index is 0.264. The van der Waals surface area contributed by atoms with Crippen LogP contribution in [-0.2, 0) is 0 Å². The zero-order chi connectivity index (χ0) is 23.4. The molecule has 168 valence electrons. The van der Waals surface area contributed by atoms with Crippen molar-refractivity contribution < 1.29 is 23.8 Å². The van der Waals surface area contributed by atoms with Crippen LogP contribution >= 0.6 is 47.8 Å². The first-order chi connectivity index (χ1) is 15.9. The average molecular weight is 639 g/mol. The molecule has 0 aromatic heterocycles. The van der Waals surface area contributed by atoms with Gasteiger partial charge in [0, 0.05) is 20.1 Å². The number of halogens is 3. The molecular formula is C23H15Br3N2O5. The van der Waals surface area contributed by atoms with E-state index < -0.39 is 11.9 Å². The highest BCUT2D eigenvalue weighted by Gasteiger charge is 2.17. The summed E-state index contributed by atoms with van der Waals surface area (Å²) >= 11 is 10.2. The van der Waals surface area contributed by atoms with Crippen LogP contribution in [0.15, 0.2) is 73.1 Å². The van der Waals surface area contributed by atoms with Crippen molar-refractivity contribution in [3.63, 3.8) is 0 Å². The summed E-state index contributed by atoms with van der Waals surface area (Å²) in [5.41, 5.74) is 3.70. The molecule has 4 rings (SSSR count). The van der Waals surface area contributed by atoms with Crippen LogP contribution in [0.5, 0.6) is 17.2 Å². The highest BCUT2D eigenvalue weighted by atomic mass is 79.9. The van der Waals surface area contributed by atoms with Gasteiger partial charge in [0.25, 0.3) is 5.91 Å². The van der Waals surface area contributed by atoms with Gasteiger partial charge in [-0.3, -0.25) is 4.79 Å². The zero-order valence-electron chi connectivity index (χ0n) is 16.8. The van der Waals surface area contributed by atoms with E-state index in [0.29, 0.717) is 45.9 Å². The Morgan fingerprint density at radius 2 is 1.70 bits per heavy atom. The third-order valence-corrected chi connectivity index (χ3v) is 6.01. The maximum absolute atomic E-state index is 12.6. The lowest BCUT2D eigenvalue weighted by molar-refractivity contribution is 0.0732. The number of ether oxygens (including phenoxy) is 3. The Bertz CT molecular complexity index is 1260. The van der Waals surface area contributed by atoms with Crippen LogP contribution in [0, 0.1) is 0 Å². The summed E-state index contributed by atoms with van der Waals surface area (Å²) in [6.07, 6.45) is 1.40. The van der Waals surface area contributed by atoms with Crippen LogP contribution in [-0.4, -0.2) is 31.3 Å². The third kappa shape index (κ3) is 5.82. The van der Waals surface area contributed by atoms with Crippen molar-refractivity contribution in [2.75, 3.05) is 13.2 Å². The Kier molecular flexibility index (Phi) is 7.46. The summed E-state index contributed by atoms with van der Waals surface area (Å²) in [5.74, 6) is 0.410. The standard InChI is InChI=1S/C23H15Br3N2O5/c24-16-3-1-2-14(8-16)23(30)33-21-15(9-17(25)11-18(21)26)12-27-28-22(29)13-4-5-19-20(10-13)32-7-6-31-19/h1-5,8-12H,6-7H2,(H,28,29). The quantitative estimate of drug-likeness (QED) is 0.167. The van der Waals surface area contributed by atoms with Crippen molar-refractivity contribution in [1.29, 1.82) is 0 Å². The SMILES string of the molecule is O=C(NN=Cc1cc(Br)cc(Br)c1OC(=O)c1cccc(Br)c1)c1ccc2c(c1)OCCO2. The third-order valence-electron chi connectivity index (χ3n) is 4.47. The maximum atomic E-state index is 12.6. The van der Waals surface area contributed by atoms with E-state index in [0.717, 1.165) is 8.95 Å². The predicted molar refractivity (Wildman–Crippen MR) is 133 cm³/mol. The molecule has 0 saturated carbocycles. The summed E-state index contributed by atoms with van der Waals surface area (Å²) in [6, 6.07) is 15.2. The van der Waals surface area contributed by atoms with Crippen LogP contribution in [0.3, 0.4) is 0 Å². The van der Waals surface area contributed by atoms with Gasteiger partial charge in [0.2, 0.25) is 0 Å². The summed E-state index contributed by atoms with van der Waals surface area (Å²) in [5, 5.41) is 4.03. The molecule has 0 unspecified atom stereocenters. The second-order valence-electron chi connectivity index (χ2n) is 6.76. The number of fused-ring (bicyclic) bond motifs is 1. The number of nitrogens with one attached hydrogen (secondary N) is 1. The number of carbonyl (C=O) groups excluding carboxylic acids is 2. The molecule has 10 heteroatoms. The van der Waals surface area contributed by atoms with Gasteiger partial charge in [-0.05, 0) is 64.5 Å². The van der Waals surface area contributed by atoms with Crippen molar-refractivity contribution >= 4 is 65.9 Å². The Morgan fingerprint density at radius 3 is 2.48 bits per heavy atom. The second-order valence-corrected chi connectivity index (χ2v) is 9.45. The molecule has 1 aliphatic rings. The number of hydrazone groups is 1. The molecular weight excluding hydrogens is 624 g/mol. The molecule has 1 N–H and O–H groups in total. The Balaban J connectivity index is 1.51. The molecule has 0 spiro atoms. The lowest BCUT2D eigenvalue weighted by atomic mass is 10.2. The largest absolute Gasteiger partial charge is 0.486 e. The normalized spacial score (nSPS) is 12.5. The minimum Gasteiger partial charge on any atom is -0.486 e. The van der Waals surface area contributed by atoms with Crippen LogP contribution in [0.25, 0.3) is 0 Å². The topological polar surface area (TPSA) is 86.2 Å². The smallest absolute Gasteiger partial charge is 0.343 e. The number of amides is 1. The van der Waals surface area contributed by atoms with E-state index in [1.165, 1.54) is 6.21 Å². The Labute approximate surface area is 214 Å². The first kappa shape index (κ1) is 23.5. The molecule has 0 aliphatic carbocycles. The van der Waals surface area contributed by atoms with E-state index in [2.05, 4.69) is 58.3 Å². The van der Waals surface area contributed by atoms with Gasteiger partial charge in [-0.1, -0.05) is 37.9 Å². The van der Waals surface area contributed by atoms with Crippen molar-refractivity contribution in [3.8, 4) is 17.2 Å². The van der Waals surface area contributed by atoms with Gasteiger partial charge in [-0.2, -0.15) is 5.10 Å². The fraction of sp³-hybridized carbons (Fsp3) is 0.0870. The molecule has 7 nitrogen and oxygen atoms in total. The van der Waals surface area contributed by atoms with E-state index in [-0.39, 0.29) is 5.75 Å². The van der Waals surface area contributed by atoms with Crippen LogP contribution in [0.4, 0.5) is 0 Å². The molecule has 0 saturated heterocycles. The molecule has 0 fully saturated rings. The Morgan fingerprint density at radius 1 is 0.909 bits per heavy atom. The summed E-state index contributed by atoms with van der Waals surface area (Å²) in [4.78, 5) is 25.1. The second kappa shape index (κ2) is 10.5. The van der Waals surface area contributed by atoms with Gasteiger partial charge in [-0.25, -0.2) is 10.2 Å². The van der Waals surface area contributed by atoms with Crippen LogP contribution in [0.1, 0.15) is 26.3 Å². The van der Waals surface area contributed by atoms with E-state index >= 15 is 0 Å². The first-order valence-corrected chi connectivity index (χ1v) is 12.0. The molecule has 1 aliphatic heterocycles. The van der Waals surface area contributed by atoms with Crippen LogP contribution < -0.4 is 19.6 Å². The molecule has 1 heterocycles.